The summed E-state index contributed by atoms with van der Waals surface area (Å²) in [5.41, 5.74) is -1.03. The zero-order valence-electron chi connectivity index (χ0n) is 18.6. The van der Waals surface area contributed by atoms with E-state index in [4.69, 9.17) is 11.6 Å². The number of aromatic nitrogens is 1. The van der Waals surface area contributed by atoms with Gasteiger partial charge in [0.15, 0.2) is 9.84 Å². The first-order chi connectivity index (χ1) is 16.6. The van der Waals surface area contributed by atoms with Gasteiger partial charge in [0, 0.05) is 12.7 Å². The number of hydrogen-bond acceptors (Lipinski definition) is 6. The summed E-state index contributed by atoms with van der Waals surface area (Å²) in [6.45, 7) is -0.129. The van der Waals surface area contributed by atoms with Crippen LogP contribution in [0, 0.1) is 11.3 Å². The molecule has 2 amide bonds. The van der Waals surface area contributed by atoms with E-state index in [1.54, 1.807) is 24.4 Å². The Morgan fingerprint density at radius 3 is 2.46 bits per heavy atom. The number of hydrogen-bond donors (Lipinski definition) is 1. The smallest absolute Gasteiger partial charge is 0.244 e. The quantitative estimate of drug-likeness (QED) is 0.527. The molecule has 3 fully saturated rings. The van der Waals surface area contributed by atoms with Crippen molar-refractivity contribution in [2.24, 2.45) is 0 Å². The molecule has 1 aliphatic heterocycles. The monoisotopic (exact) mass is 576 g/mol. The van der Waals surface area contributed by atoms with Crippen LogP contribution in [0.2, 0.25) is 5.02 Å². The van der Waals surface area contributed by atoms with Crippen LogP contribution in [0.4, 0.5) is 0 Å². The summed E-state index contributed by atoms with van der Waals surface area (Å²) >= 11 is 9.49. The van der Waals surface area contributed by atoms with Crippen LogP contribution in [0.15, 0.2) is 52.1 Å². The number of nitrogens with one attached hydrogen (secondary N) is 1. The Hall–Kier alpha value is -2.48. The molecule has 3 aliphatic rings. The zero-order chi connectivity index (χ0) is 25.0. The average Bonchev–Trinajstić information content (AvgIpc) is 3.76. The first-order valence-electron chi connectivity index (χ1n) is 11.3. The van der Waals surface area contributed by atoms with Gasteiger partial charge in [0.05, 0.1) is 26.7 Å². The van der Waals surface area contributed by atoms with Crippen LogP contribution in [-0.2, 0) is 24.8 Å². The molecule has 0 bridgehead atoms. The lowest BCUT2D eigenvalue weighted by Crippen LogP contribution is -2.51. The van der Waals surface area contributed by atoms with Gasteiger partial charge in [0.25, 0.3) is 0 Å². The van der Waals surface area contributed by atoms with E-state index in [-0.39, 0.29) is 28.8 Å². The number of amides is 2. The normalized spacial score (nSPS) is 23.9. The van der Waals surface area contributed by atoms with E-state index in [1.165, 1.54) is 17.0 Å². The maximum absolute atomic E-state index is 13.9. The van der Waals surface area contributed by atoms with Gasteiger partial charge in [0.2, 0.25) is 11.8 Å². The largest absolute Gasteiger partial charge is 0.336 e. The predicted octanol–water partition coefficient (Wildman–Crippen LogP) is 3.14. The van der Waals surface area contributed by atoms with E-state index in [1.807, 2.05) is 6.07 Å². The Morgan fingerprint density at radius 1 is 1.17 bits per heavy atom. The van der Waals surface area contributed by atoms with Gasteiger partial charge in [0.1, 0.15) is 16.2 Å². The fourth-order valence-corrected chi connectivity index (χ4v) is 7.20. The summed E-state index contributed by atoms with van der Waals surface area (Å²) in [5, 5.41) is 11.3. The van der Waals surface area contributed by atoms with Gasteiger partial charge >= 0.3 is 0 Å². The minimum atomic E-state index is -3.92. The summed E-state index contributed by atoms with van der Waals surface area (Å²) in [6.07, 6.45) is 3.81. The highest BCUT2D eigenvalue weighted by molar-refractivity contribution is 9.10. The van der Waals surface area contributed by atoms with E-state index in [9.17, 15) is 23.3 Å². The van der Waals surface area contributed by atoms with Crippen molar-refractivity contribution in [3.63, 3.8) is 0 Å². The molecule has 1 aromatic heterocycles. The van der Waals surface area contributed by atoms with Crippen molar-refractivity contribution in [2.75, 3.05) is 6.54 Å². The van der Waals surface area contributed by atoms with Gasteiger partial charge in [-0.3, -0.25) is 9.59 Å². The molecule has 1 aromatic carbocycles. The summed E-state index contributed by atoms with van der Waals surface area (Å²) in [4.78, 5) is 32.8. The van der Waals surface area contributed by atoms with Crippen LogP contribution in [0.3, 0.4) is 0 Å². The lowest BCUT2D eigenvalue weighted by molar-refractivity contribution is -0.140. The number of carbonyl (C=O) groups excluding carboxylic acids is 2. The fraction of sp³-hybridized carbons (Fsp3) is 0.417. The first-order valence-corrected chi connectivity index (χ1v) is 14.0. The minimum Gasteiger partial charge on any atom is -0.336 e. The van der Waals surface area contributed by atoms with Crippen molar-refractivity contribution in [1.29, 1.82) is 5.26 Å². The lowest BCUT2D eigenvalue weighted by atomic mass is 9.95. The zero-order valence-corrected chi connectivity index (χ0v) is 21.7. The van der Waals surface area contributed by atoms with Gasteiger partial charge < -0.3 is 10.2 Å². The Labute approximate surface area is 216 Å². The predicted molar refractivity (Wildman–Crippen MR) is 131 cm³/mol. The molecular weight excluding hydrogens is 556 g/mol. The molecule has 2 aromatic rings. The first kappa shape index (κ1) is 24.2. The molecule has 1 N–H and O–H groups in total. The maximum atomic E-state index is 13.9. The number of sulfone groups is 1. The molecule has 1 saturated heterocycles. The van der Waals surface area contributed by atoms with Gasteiger partial charge in [-0.15, -0.1) is 0 Å². The Balaban J connectivity index is 1.48. The molecule has 0 spiro atoms. The molecule has 8 nitrogen and oxygen atoms in total. The second-order valence-electron chi connectivity index (χ2n) is 9.44. The van der Waals surface area contributed by atoms with Crippen molar-refractivity contribution in [2.45, 2.75) is 59.2 Å². The van der Waals surface area contributed by atoms with Crippen molar-refractivity contribution < 1.29 is 18.0 Å². The molecule has 182 valence electrons. The molecule has 5 rings (SSSR count). The van der Waals surface area contributed by atoms with Crippen molar-refractivity contribution in [3.8, 4) is 6.07 Å². The average molecular weight is 578 g/mol. The van der Waals surface area contributed by atoms with E-state index in [0.717, 1.165) is 5.56 Å². The second-order valence-corrected chi connectivity index (χ2v) is 12.9. The number of rotatable bonds is 6. The topological polar surface area (TPSA) is 120 Å². The molecule has 35 heavy (non-hydrogen) atoms. The SMILES string of the molecule is N#CC1(NC(=O)[C@@H]2C[C@@H](S(=O)(=O)c3ccccc3Cl)CN2C(=O)C2(c3ccc(Br)nc3)CC2)CC1. The molecule has 2 aliphatic carbocycles. The van der Waals surface area contributed by atoms with Crippen molar-refractivity contribution in [3.05, 3.63) is 57.8 Å². The lowest BCUT2D eigenvalue weighted by Gasteiger charge is -2.29. The summed E-state index contributed by atoms with van der Waals surface area (Å²) in [5.74, 6) is -0.792. The van der Waals surface area contributed by atoms with Crippen LogP contribution in [0.5, 0.6) is 0 Å². The summed E-state index contributed by atoms with van der Waals surface area (Å²) in [7, 11) is -3.92. The Morgan fingerprint density at radius 2 is 1.89 bits per heavy atom. The number of halogens is 2. The number of likely N-dealkylation sites (tertiary alicyclic amines) is 1. The molecule has 0 radical (unpaired) electrons. The van der Waals surface area contributed by atoms with Crippen LogP contribution < -0.4 is 5.32 Å². The van der Waals surface area contributed by atoms with Crippen molar-refractivity contribution in [1.82, 2.24) is 15.2 Å². The highest BCUT2D eigenvalue weighted by Gasteiger charge is 2.58. The third-order valence-corrected chi connectivity index (χ3v) is 10.3. The van der Waals surface area contributed by atoms with Gasteiger partial charge in [-0.25, -0.2) is 13.4 Å². The number of carbonyl (C=O) groups is 2. The Bertz CT molecular complexity index is 1350. The summed E-state index contributed by atoms with van der Waals surface area (Å²) in [6, 6.07) is 10.8. The molecular formula is C24H22BrClN4O4S. The summed E-state index contributed by atoms with van der Waals surface area (Å²) < 4.78 is 27.6. The van der Waals surface area contributed by atoms with Crippen LogP contribution >= 0.6 is 27.5 Å². The maximum Gasteiger partial charge on any atom is 0.244 e. The third-order valence-electron chi connectivity index (χ3n) is 7.17. The molecule has 0 unspecified atom stereocenters. The number of nitrogens with zero attached hydrogens (tertiary/aromatic N) is 3. The van der Waals surface area contributed by atoms with E-state index in [0.29, 0.717) is 30.3 Å². The van der Waals surface area contributed by atoms with Crippen molar-refractivity contribution >= 4 is 49.2 Å². The molecule has 2 atom stereocenters. The van der Waals surface area contributed by atoms with Crippen LogP contribution in [0.25, 0.3) is 0 Å². The fourth-order valence-electron chi connectivity index (χ4n) is 4.74. The molecule has 2 heterocycles. The standard InChI is InChI=1S/C24H22BrClN4O4S/c25-20-6-5-15(12-28-20)24(9-10-24)22(32)30-13-16(35(33,34)19-4-2-1-3-17(19)26)11-18(30)21(31)29-23(14-27)7-8-23/h1-6,12,16,18H,7-11,13H2,(H,29,31)/t16-,18+/m1/s1. The van der Waals surface area contributed by atoms with Gasteiger partial charge in [-0.2, -0.15) is 5.26 Å². The van der Waals surface area contributed by atoms with Crippen LogP contribution in [0.1, 0.15) is 37.7 Å². The second kappa shape index (κ2) is 8.57. The van der Waals surface area contributed by atoms with E-state index < -0.39 is 38.0 Å². The van der Waals surface area contributed by atoms with Gasteiger partial charge in [-0.1, -0.05) is 29.8 Å². The molecule has 2 saturated carbocycles. The number of benzene rings is 1. The number of nitriles is 1. The van der Waals surface area contributed by atoms with E-state index in [2.05, 4.69) is 32.3 Å². The Kier molecular flexibility index (Phi) is 5.93. The highest BCUT2D eigenvalue weighted by Crippen LogP contribution is 2.51. The third kappa shape index (κ3) is 4.24. The highest BCUT2D eigenvalue weighted by atomic mass is 79.9. The van der Waals surface area contributed by atoms with Gasteiger partial charge in [-0.05, 0) is 71.8 Å². The minimum absolute atomic E-state index is 0.0194. The van der Waals surface area contributed by atoms with E-state index >= 15 is 0 Å². The van der Waals surface area contributed by atoms with Crippen LogP contribution in [-0.4, -0.2) is 53.5 Å². The number of pyridine rings is 1. The molecule has 11 heteroatoms.